The average molecular weight is 305 g/mol. The maximum absolute atomic E-state index is 12.1. The third-order valence-corrected chi connectivity index (χ3v) is 4.29. The second-order valence-electron chi connectivity index (χ2n) is 4.57. The van der Waals surface area contributed by atoms with Gasteiger partial charge < -0.3 is 11.1 Å². The molecular formula is C14H15N3O3S. The summed E-state index contributed by atoms with van der Waals surface area (Å²) in [5, 5.41) is 2.27. The van der Waals surface area contributed by atoms with Crippen LogP contribution in [0.5, 0.6) is 0 Å². The first-order valence-electron chi connectivity index (χ1n) is 6.18. The zero-order chi connectivity index (χ0) is 15.5. The van der Waals surface area contributed by atoms with Crippen molar-refractivity contribution in [2.45, 2.75) is 11.9 Å². The number of hydrogen-bond donors (Lipinski definition) is 2. The van der Waals surface area contributed by atoms with Crippen molar-refractivity contribution < 1.29 is 13.2 Å². The second-order valence-corrected chi connectivity index (χ2v) is 6.48. The lowest BCUT2D eigenvalue weighted by Gasteiger charge is -2.08. The van der Waals surface area contributed by atoms with Gasteiger partial charge in [0, 0.05) is 11.9 Å². The van der Waals surface area contributed by atoms with Gasteiger partial charge in [-0.15, -0.1) is 0 Å². The molecule has 1 amide bonds. The van der Waals surface area contributed by atoms with Crippen LogP contribution in [0.25, 0.3) is 0 Å². The van der Waals surface area contributed by atoms with Gasteiger partial charge in [0.2, 0.25) is 15.7 Å². The van der Waals surface area contributed by atoms with Gasteiger partial charge in [0.05, 0.1) is 5.69 Å². The molecule has 1 aromatic heterocycles. The Balaban J connectivity index is 2.14. The second kappa shape index (κ2) is 5.92. The molecule has 2 aromatic rings. The number of hydrogen-bond acceptors (Lipinski definition) is 5. The first-order chi connectivity index (χ1) is 9.88. The number of carbonyl (C=O) groups is 1. The molecule has 0 radical (unpaired) electrons. The summed E-state index contributed by atoms with van der Waals surface area (Å²) in [4.78, 5) is 15.6. The molecule has 110 valence electrons. The smallest absolute Gasteiger partial charge is 0.240 e. The van der Waals surface area contributed by atoms with Crippen LogP contribution >= 0.6 is 0 Å². The first-order valence-corrected chi connectivity index (χ1v) is 7.83. The quantitative estimate of drug-likeness (QED) is 0.888. The van der Waals surface area contributed by atoms with E-state index in [9.17, 15) is 13.2 Å². The molecule has 0 unspecified atom stereocenters. The van der Waals surface area contributed by atoms with Gasteiger partial charge in [-0.1, -0.05) is 12.1 Å². The fraction of sp³-hybridized carbons (Fsp3) is 0.143. The van der Waals surface area contributed by atoms with E-state index in [1.54, 1.807) is 18.2 Å². The first kappa shape index (κ1) is 15.0. The third-order valence-electron chi connectivity index (χ3n) is 2.72. The molecule has 3 N–H and O–H groups in total. The molecule has 7 heteroatoms. The Hall–Kier alpha value is -2.41. The Labute approximate surface area is 122 Å². The number of benzene rings is 1. The number of amides is 1. The lowest BCUT2D eigenvalue weighted by Crippen LogP contribution is -2.24. The highest BCUT2D eigenvalue weighted by atomic mass is 32.2. The molecule has 0 saturated heterocycles. The van der Waals surface area contributed by atoms with Crippen molar-refractivity contribution in [1.29, 1.82) is 0 Å². The third kappa shape index (κ3) is 3.79. The highest BCUT2D eigenvalue weighted by Gasteiger charge is 2.23. The number of rotatable bonds is 4. The minimum atomic E-state index is -3.87. The summed E-state index contributed by atoms with van der Waals surface area (Å²) in [6.45, 7) is 1.88. The number of pyridine rings is 1. The van der Waals surface area contributed by atoms with Crippen molar-refractivity contribution in [3.05, 3.63) is 48.2 Å². The number of nitrogens with two attached hydrogens (primary N) is 1. The fourth-order valence-electron chi connectivity index (χ4n) is 1.82. The van der Waals surface area contributed by atoms with E-state index >= 15 is 0 Å². The van der Waals surface area contributed by atoms with Crippen molar-refractivity contribution in [3.63, 3.8) is 0 Å². The van der Waals surface area contributed by atoms with Crippen molar-refractivity contribution in [2.24, 2.45) is 0 Å². The largest absolute Gasteiger partial charge is 0.396 e. The topological polar surface area (TPSA) is 102 Å². The molecule has 0 aliphatic carbocycles. The van der Waals surface area contributed by atoms with E-state index in [1.807, 2.05) is 13.0 Å². The number of nitrogen functional groups attached to an aromatic ring is 1. The molecule has 0 spiro atoms. The van der Waals surface area contributed by atoms with Crippen molar-refractivity contribution in [3.8, 4) is 0 Å². The van der Waals surface area contributed by atoms with Crippen LogP contribution in [-0.2, 0) is 14.6 Å². The van der Waals surface area contributed by atoms with Gasteiger partial charge in [-0.05, 0) is 36.8 Å². The van der Waals surface area contributed by atoms with Crippen molar-refractivity contribution in [2.75, 3.05) is 16.8 Å². The SMILES string of the molecule is Cc1cccc(NC(=O)CS(=O)(=O)c2ncccc2N)c1. The summed E-state index contributed by atoms with van der Waals surface area (Å²) in [5.74, 6) is -1.34. The molecule has 6 nitrogen and oxygen atoms in total. The average Bonchev–Trinajstić information content (AvgIpc) is 2.38. The molecule has 2 rings (SSSR count). The maximum Gasteiger partial charge on any atom is 0.240 e. The van der Waals surface area contributed by atoms with Gasteiger partial charge in [-0.2, -0.15) is 0 Å². The molecule has 21 heavy (non-hydrogen) atoms. The maximum atomic E-state index is 12.1. The number of nitrogens with zero attached hydrogens (tertiary/aromatic N) is 1. The highest BCUT2D eigenvalue weighted by Crippen LogP contribution is 2.16. The van der Waals surface area contributed by atoms with E-state index in [1.165, 1.54) is 18.3 Å². The summed E-state index contributed by atoms with van der Waals surface area (Å²) in [7, 11) is -3.87. The fourth-order valence-corrected chi connectivity index (χ4v) is 3.03. The van der Waals surface area contributed by atoms with Gasteiger partial charge in [-0.3, -0.25) is 4.79 Å². The van der Waals surface area contributed by atoms with E-state index in [4.69, 9.17) is 5.73 Å². The van der Waals surface area contributed by atoms with Gasteiger partial charge in [-0.25, -0.2) is 13.4 Å². The predicted octanol–water partition coefficient (Wildman–Crippen LogP) is 1.38. The molecule has 0 aliphatic rings. The van der Waals surface area contributed by atoms with E-state index < -0.39 is 21.5 Å². The monoisotopic (exact) mass is 305 g/mol. The van der Waals surface area contributed by atoms with Gasteiger partial charge in [0.25, 0.3) is 0 Å². The zero-order valence-corrected chi connectivity index (χ0v) is 12.2. The molecule has 1 aromatic carbocycles. The summed E-state index contributed by atoms with van der Waals surface area (Å²) in [5.41, 5.74) is 7.12. The van der Waals surface area contributed by atoms with Crippen molar-refractivity contribution in [1.82, 2.24) is 4.98 Å². The number of sulfone groups is 1. The number of anilines is 2. The summed E-state index contributed by atoms with van der Waals surface area (Å²) in [6.07, 6.45) is 1.32. The van der Waals surface area contributed by atoms with E-state index in [2.05, 4.69) is 10.3 Å². The van der Waals surface area contributed by atoms with E-state index in [-0.39, 0.29) is 10.7 Å². The van der Waals surface area contributed by atoms with Crippen LogP contribution in [0, 0.1) is 6.92 Å². The Morgan fingerprint density at radius 2 is 2.05 bits per heavy atom. The normalized spacial score (nSPS) is 11.1. The minimum absolute atomic E-state index is 0.0286. The standard InChI is InChI=1S/C14H15N3O3S/c1-10-4-2-5-11(8-10)17-13(18)9-21(19,20)14-12(15)6-3-7-16-14/h2-8H,9,15H2,1H3,(H,17,18). The Bertz CT molecular complexity index is 773. The molecular weight excluding hydrogens is 290 g/mol. The number of nitrogens with one attached hydrogen (secondary N) is 1. The van der Waals surface area contributed by atoms with Crippen LogP contribution in [0.1, 0.15) is 5.56 Å². The van der Waals surface area contributed by atoms with Gasteiger partial charge in [0.1, 0.15) is 5.75 Å². The Kier molecular flexibility index (Phi) is 4.23. The van der Waals surface area contributed by atoms with Crippen LogP contribution in [0.3, 0.4) is 0 Å². The number of aryl methyl sites for hydroxylation is 1. The zero-order valence-electron chi connectivity index (χ0n) is 11.4. The van der Waals surface area contributed by atoms with Crippen LogP contribution in [-0.4, -0.2) is 25.1 Å². The summed E-state index contributed by atoms with van der Waals surface area (Å²) < 4.78 is 24.2. The number of aromatic nitrogens is 1. The van der Waals surface area contributed by atoms with Crippen LogP contribution in [0.2, 0.25) is 0 Å². The molecule has 0 saturated carbocycles. The summed E-state index contributed by atoms with van der Waals surface area (Å²) in [6, 6.07) is 10.0. The highest BCUT2D eigenvalue weighted by molar-refractivity contribution is 7.92. The van der Waals surface area contributed by atoms with Gasteiger partial charge in [0.15, 0.2) is 5.03 Å². The lowest BCUT2D eigenvalue weighted by molar-refractivity contribution is -0.113. The van der Waals surface area contributed by atoms with Crippen LogP contribution in [0.4, 0.5) is 11.4 Å². The van der Waals surface area contributed by atoms with E-state index in [0.29, 0.717) is 5.69 Å². The lowest BCUT2D eigenvalue weighted by atomic mass is 10.2. The van der Waals surface area contributed by atoms with Crippen LogP contribution < -0.4 is 11.1 Å². The number of carbonyl (C=O) groups excluding carboxylic acids is 1. The molecule has 0 atom stereocenters. The molecule has 0 bridgehead atoms. The van der Waals surface area contributed by atoms with Crippen molar-refractivity contribution >= 4 is 27.1 Å². The van der Waals surface area contributed by atoms with Crippen LogP contribution in [0.15, 0.2) is 47.6 Å². The molecule has 0 fully saturated rings. The molecule has 0 aliphatic heterocycles. The predicted molar refractivity (Wildman–Crippen MR) is 80.5 cm³/mol. The summed E-state index contributed by atoms with van der Waals surface area (Å²) >= 11 is 0. The Morgan fingerprint density at radius 3 is 2.71 bits per heavy atom. The van der Waals surface area contributed by atoms with Gasteiger partial charge >= 0.3 is 0 Å². The van der Waals surface area contributed by atoms with E-state index in [0.717, 1.165) is 5.56 Å². The minimum Gasteiger partial charge on any atom is -0.396 e. The Morgan fingerprint density at radius 1 is 1.29 bits per heavy atom. The molecule has 1 heterocycles.